The Balaban J connectivity index is 0.00000171. The standard InChI is InChI=1S/C19H27N3O2.C2H6.CH4O/c1-19(2,3)17-11-15(13-20)18(16(12-17)14-23)24-10-9-22-7-5-21(4)6-8-22;2*1-2/h11-12,14H,5-10H2,1-4H3;1-2H3;2H,1H3. The van der Waals surface area contributed by atoms with Crippen molar-refractivity contribution in [1.82, 2.24) is 9.80 Å². The molecule has 6 heteroatoms. The van der Waals surface area contributed by atoms with E-state index in [0.717, 1.165) is 51.7 Å². The van der Waals surface area contributed by atoms with Gasteiger partial charge < -0.3 is 14.7 Å². The molecule has 0 unspecified atom stereocenters. The molecule has 0 bridgehead atoms. The summed E-state index contributed by atoms with van der Waals surface area (Å²) in [5.74, 6) is 0.412. The van der Waals surface area contributed by atoms with Crippen molar-refractivity contribution in [2.45, 2.75) is 40.0 Å². The minimum absolute atomic E-state index is 0.123. The van der Waals surface area contributed by atoms with Crippen LogP contribution in [0.25, 0.3) is 0 Å². The molecule has 1 aliphatic heterocycles. The minimum atomic E-state index is -0.123. The van der Waals surface area contributed by atoms with Gasteiger partial charge in [0, 0.05) is 39.8 Å². The SMILES string of the molecule is CC.CN1CCN(CCOc2c(C#N)cc(C(C)(C)C)cc2C=O)CC1.CO. The first-order valence-electron chi connectivity index (χ1n) is 9.87. The third-order valence-corrected chi connectivity index (χ3v) is 4.48. The van der Waals surface area contributed by atoms with Gasteiger partial charge in [0.25, 0.3) is 0 Å². The van der Waals surface area contributed by atoms with E-state index in [9.17, 15) is 10.1 Å². The maximum atomic E-state index is 11.5. The van der Waals surface area contributed by atoms with Crippen LogP contribution >= 0.6 is 0 Å². The lowest BCUT2D eigenvalue weighted by Gasteiger charge is -2.32. The van der Waals surface area contributed by atoms with E-state index in [4.69, 9.17) is 9.84 Å². The molecule has 1 saturated heterocycles. The van der Waals surface area contributed by atoms with Crippen molar-refractivity contribution >= 4 is 6.29 Å². The molecule has 1 heterocycles. The van der Waals surface area contributed by atoms with Crippen LogP contribution in [-0.2, 0) is 5.41 Å². The number of aliphatic hydroxyl groups excluding tert-OH is 1. The zero-order chi connectivity index (χ0) is 21.7. The van der Waals surface area contributed by atoms with Gasteiger partial charge in [-0.1, -0.05) is 34.6 Å². The van der Waals surface area contributed by atoms with E-state index >= 15 is 0 Å². The summed E-state index contributed by atoms with van der Waals surface area (Å²) in [6, 6.07) is 5.84. The number of benzene rings is 1. The highest BCUT2D eigenvalue weighted by molar-refractivity contribution is 5.81. The van der Waals surface area contributed by atoms with Gasteiger partial charge in [0.2, 0.25) is 0 Å². The van der Waals surface area contributed by atoms with Gasteiger partial charge in [-0.15, -0.1) is 0 Å². The number of ether oxygens (including phenoxy) is 1. The highest BCUT2D eigenvalue weighted by atomic mass is 16.5. The molecule has 1 aliphatic rings. The number of carbonyl (C=O) groups excluding carboxylic acids is 1. The molecule has 6 nitrogen and oxygen atoms in total. The largest absolute Gasteiger partial charge is 0.490 e. The van der Waals surface area contributed by atoms with E-state index in [1.807, 2.05) is 26.0 Å². The third-order valence-electron chi connectivity index (χ3n) is 4.48. The molecule has 1 aromatic rings. The number of piperazine rings is 1. The van der Waals surface area contributed by atoms with Gasteiger partial charge in [-0.3, -0.25) is 9.69 Å². The number of likely N-dealkylation sites (N-methyl/N-ethyl adjacent to an activating group) is 1. The predicted molar refractivity (Wildman–Crippen MR) is 114 cm³/mol. The molecule has 0 radical (unpaired) electrons. The van der Waals surface area contributed by atoms with Gasteiger partial charge >= 0.3 is 0 Å². The molecule has 0 saturated carbocycles. The number of carbonyl (C=O) groups is 1. The van der Waals surface area contributed by atoms with Crippen LogP contribution in [0.5, 0.6) is 5.75 Å². The number of nitriles is 1. The number of hydrogen-bond acceptors (Lipinski definition) is 6. The molecule has 2 rings (SSSR count). The lowest BCUT2D eigenvalue weighted by atomic mass is 9.85. The predicted octanol–water partition coefficient (Wildman–Crippen LogP) is 2.93. The van der Waals surface area contributed by atoms with Gasteiger partial charge in [0.05, 0.1) is 11.1 Å². The van der Waals surface area contributed by atoms with Crippen LogP contribution in [0.3, 0.4) is 0 Å². The summed E-state index contributed by atoms with van der Waals surface area (Å²) >= 11 is 0. The smallest absolute Gasteiger partial charge is 0.153 e. The van der Waals surface area contributed by atoms with Crippen LogP contribution in [0.2, 0.25) is 0 Å². The van der Waals surface area contributed by atoms with Crippen LogP contribution in [0.1, 0.15) is 56.1 Å². The first-order chi connectivity index (χ1) is 13.3. The van der Waals surface area contributed by atoms with E-state index in [1.165, 1.54) is 0 Å². The van der Waals surface area contributed by atoms with Gasteiger partial charge in [0.1, 0.15) is 18.4 Å². The number of hydrogen-bond donors (Lipinski definition) is 1. The van der Waals surface area contributed by atoms with Crippen molar-refractivity contribution in [3.05, 3.63) is 28.8 Å². The summed E-state index contributed by atoms with van der Waals surface area (Å²) in [7, 11) is 3.13. The number of aldehydes is 1. The van der Waals surface area contributed by atoms with Crippen molar-refractivity contribution < 1.29 is 14.6 Å². The summed E-state index contributed by atoms with van der Waals surface area (Å²) in [6.07, 6.45) is 0.779. The van der Waals surface area contributed by atoms with Crippen molar-refractivity contribution in [1.29, 1.82) is 5.26 Å². The first kappa shape index (κ1) is 26.1. The Kier molecular flexibility index (Phi) is 12.4. The number of nitrogens with zero attached hydrogens (tertiary/aromatic N) is 3. The average Bonchev–Trinajstić information content (AvgIpc) is 2.71. The molecule has 0 aromatic heterocycles. The Labute approximate surface area is 170 Å². The second-order valence-corrected chi connectivity index (χ2v) is 7.42. The van der Waals surface area contributed by atoms with Crippen LogP contribution in [0.15, 0.2) is 12.1 Å². The normalized spacial score (nSPS) is 14.7. The first-order valence-corrected chi connectivity index (χ1v) is 9.87. The summed E-state index contributed by atoms with van der Waals surface area (Å²) in [4.78, 5) is 16.1. The topological polar surface area (TPSA) is 76.8 Å². The highest BCUT2D eigenvalue weighted by Crippen LogP contribution is 2.30. The molecule has 0 amide bonds. The van der Waals surface area contributed by atoms with Gasteiger partial charge in [-0.05, 0) is 30.2 Å². The fourth-order valence-electron chi connectivity index (χ4n) is 2.76. The fourth-order valence-corrected chi connectivity index (χ4v) is 2.76. The Morgan fingerprint density at radius 3 is 2.21 bits per heavy atom. The Morgan fingerprint density at radius 2 is 1.75 bits per heavy atom. The van der Waals surface area contributed by atoms with Crippen molar-refractivity contribution in [3.63, 3.8) is 0 Å². The third kappa shape index (κ3) is 7.97. The Hall–Kier alpha value is -1.94. The Bertz CT molecular complexity index is 625. The van der Waals surface area contributed by atoms with Gasteiger partial charge in [0.15, 0.2) is 6.29 Å². The van der Waals surface area contributed by atoms with Crippen LogP contribution in [0, 0.1) is 11.3 Å². The second kappa shape index (κ2) is 13.3. The van der Waals surface area contributed by atoms with Crippen LogP contribution in [-0.4, -0.2) is 74.7 Å². The van der Waals surface area contributed by atoms with Crippen molar-refractivity contribution in [3.8, 4) is 11.8 Å². The molecular weight excluding hydrogens is 354 g/mol. The maximum absolute atomic E-state index is 11.5. The molecule has 0 aliphatic carbocycles. The molecule has 28 heavy (non-hydrogen) atoms. The van der Waals surface area contributed by atoms with E-state index < -0.39 is 0 Å². The highest BCUT2D eigenvalue weighted by Gasteiger charge is 2.20. The summed E-state index contributed by atoms with van der Waals surface area (Å²) in [6.45, 7) is 15.6. The average molecular weight is 392 g/mol. The molecule has 0 atom stereocenters. The van der Waals surface area contributed by atoms with Crippen LogP contribution in [0.4, 0.5) is 0 Å². The van der Waals surface area contributed by atoms with E-state index in [2.05, 4.69) is 43.7 Å². The van der Waals surface area contributed by atoms with E-state index in [1.54, 1.807) is 0 Å². The van der Waals surface area contributed by atoms with Gasteiger partial charge in [-0.2, -0.15) is 5.26 Å². The van der Waals surface area contributed by atoms with Crippen molar-refractivity contribution in [2.24, 2.45) is 0 Å². The number of rotatable bonds is 5. The quantitative estimate of drug-likeness (QED) is 0.778. The minimum Gasteiger partial charge on any atom is -0.490 e. The lowest BCUT2D eigenvalue weighted by Crippen LogP contribution is -2.45. The molecule has 1 N–H and O–H groups in total. The number of aliphatic hydroxyl groups is 1. The zero-order valence-corrected chi connectivity index (χ0v) is 18.6. The van der Waals surface area contributed by atoms with Gasteiger partial charge in [-0.25, -0.2) is 0 Å². The second-order valence-electron chi connectivity index (χ2n) is 7.42. The molecule has 158 valence electrons. The summed E-state index contributed by atoms with van der Waals surface area (Å²) in [5, 5.41) is 16.4. The van der Waals surface area contributed by atoms with E-state index in [0.29, 0.717) is 23.5 Å². The van der Waals surface area contributed by atoms with Crippen molar-refractivity contribution in [2.75, 3.05) is 53.5 Å². The van der Waals surface area contributed by atoms with E-state index in [-0.39, 0.29) is 5.41 Å². The molecule has 1 aromatic carbocycles. The monoisotopic (exact) mass is 391 g/mol. The summed E-state index contributed by atoms with van der Waals surface area (Å²) in [5.41, 5.74) is 1.73. The molecular formula is C22H37N3O3. The van der Waals surface area contributed by atoms with Crippen LogP contribution < -0.4 is 4.74 Å². The fraction of sp³-hybridized carbons (Fsp3) is 0.636. The lowest BCUT2D eigenvalue weighted by molar-refractivity contribution is 0.111. The zero-order valence-electron chi connectivity index (χ0n) is 18.6. The maximum Gasteiger partial charge on any atom is 0.153 e. The Morgan fingerprint density at radius 1 is 1.18 bits per heavy atom. The summed E-state index contributed by atoms with van der Waals surface area (Å²) < 4.78 is 5.84. The molecule has 1 fully saturated rings. The molecule has 0 spiro atoms.